The van der Waals surface area contributed by atoms with Gasteiger partial charge in [-0.15, -0.1) is 0 Å². The Hall–Kier alpha value is -3.86. The largest absolute Gasteiger partial charge is 0.493 e. The molecule has 3 aromatic rings. The highest BCUT2D eigenvalue weighted by Gasteiger charge is 2.42. The summed E-state index contributed by atoms with van der Waals surface area (Å²) in [6, 6.07) is 26.6. The lowest BCUT2D eigenvalue weighted by Crippen LogP contribution is -2.35. The van der Waals surface area contributed by atoms with E-state index in [1.54, 1.807) is 24.3 Å². The first-order valence-electron chi connectivity index (χ1n) is 11.7. The molecule has 0 spiro atoms. The van der Waals surface area contributed by atoms with Crippen molar-refractivity contribution >= 4 is 23.1 Å². The minimum Gasteiger partial charge on any atom is -0.493 e. The molecular weight excluding hydrogens is 424 g/mol. The lowest BCUT2D eigenvalue weighted by atomic mass is 10.0. The van der Waals surface area contributed by atoms with Crippen LogP contribution in [0.1, 0.15) is 31.9 Å². The molecule has 0 unspecified atom stereocenters. The van der Waals surface area contributed by atoms with E-state index < -0.39 is 0 Å². The van der Waals surface area contributed by atoms with Crippen LogP contribution in [0.15, 0.2) is 90.6 Å². The summed E-state index contributed by atoms with van der Waals surface area (Å²) in [6.07, 6.45) is 0. The van der Waals surface area contributed by atoms with E-state index in [0.717, 1.165) is 11.1 Å². The minimum absolute atomic E-state index is 0.308. The molecule has 34 heavy (non-hydrogen) atoms. The molecule has 0 fully saturated rings. The molecule has 0 radical (unpaired) electrons. The number of benzene rings is 3. The Balaban J connectivity index is 1.71. The molecule has 0 aromatic heterocycles. The number of carbonyl (C=O) groups excluding carboxylic acids is 2. The summed E-state index contributed by atoms with van der Waals surface area (Å²) in [5, 5.41) is 0. The van der Waals surface area contributed by atoms with Crippen LogP contribution in [0.25, 0.3) is 5.57 Å². The van der Waals surface area contributed by atoms with Crippen LogP contribution in [0.2, 0.25) is 0 Å². The average Bonchev–Trinajstić information content (AvgIpc) is 3.12. The van der Waals surface area contributed by atoms with Gasteiger partial charge in [0.15, 0.2) is 0 Å². The third kappa shape index (κ3) is 4.88. The highest BCUT2D eigenvalue weighted by Crippen LogP contribution is 2.35. The van der Waals surface area contributed by atoms with Crippen LogP contribution in [-0.4, -0.2) is 29.9 Å². The van der Waals surface area contributed by atoms with Crippen LogP contribution in [0.4, 0.5) is 5.69 Å². The molecule has 2 amide bonds. The summed E-state index contributed by atoms with van der Waals surface area (Å²) < 4.78 is 5.77. The molecule has 5 heteroatoms. The van der Waals surface area contributed by atoms with Crippen molar-refractivity contribution in [3.05, 3.63) is 102 Å². The predicted molar refractivity (Wildman–Crippen MR) is 135 cm³/mol. The zero-order valence-corrected chi connectivity index (χ0v) is 19.9. The molecule has 0 aliphatic carbocycles. The normalized spacial score (nSPS) is 13.7. The summed E-state index contributed by atoms with van der Waals surface area (Å²) >= 11 is 0. The summed E-state index contributed by atoms with van der Waals surface area (Å²) in [5.74, 6) is 0.504. The van der Waals surface area contributed by atoms with Crippen molar-refractivity contribution in [3.8, 4) is 5.75 Å². The van der Waals surface area contributed by atoms with Crippen molar-refractivity contribution in [2.75, 3.05) is 18.1 Å². The van der Waals surface area contributed by atoms with E-state index in [2.05, 4.69) is 13.8 Å². The highest BCUT2D eigenvalue weighted by molar-refractivity contribution is 6.45. The third-order valence-electron chi connectivity index (χ3n) is 5.71. The number of hydrogen-bond donors (Lipinski definition) is 0. The van der Waals surface area contributed by atoms with E-state index in [0.29, 0.717) is 48.3 Å². The zero-order chi connectivity index (χ0) is 24.1. The predicted octanol–water partition coefficient (Wildman–Crippen LogP) is 5.53. The molecule has 0 saturated heterocycles. The van der Waals surface area contributed by atoms with Crippen LogP contribution in [-0.2, 0) is 16.1 Å². The van der Waals surface area contributed by atoms with Crippen LogP contribution >= 0.6 is 0 Å². The number of likely N-dealkylation sites (N-methyl/N-ethyl adjacent to an activating group) is 1. The monoisotopic (exact) mass is 454 g/mol. The van der Waals surface area contributed by atoms with Gasteiger partial charge in [-0.2, -0.15) is 0 Å². The van der Waals surface area contributed by atoms with E-state index in [1.807, 2.05) is 72.5 Å². The Kier molecular flexibility index (Phi) is 7.12. The second kappa shape index (κ2) is 10.4. The maximum Gasteiger partial charge on any atom is 0.282 e. The van der Waals surface area contributed by atoms with E-state index in [9.17, 15) is 9.59 Å². The van der Waals surface area contributed by atoms with Crippen molar-refractivity contribution in [1.82, 2.24) is 4.90 Å². The molecule has 4 rings (SSSR count). The van der Waals surface area contributed by atoms with Gasteiger partial charge in [-0.3, -0.25) is 9.59 Å². The number of rotatable bonds is 9. The first-order valence-corrected chi connectivity index (χ1v) is 11.7. The van der Waals surface area contributed by atoms with Gasteiger partial charge in [0.25, 0.3) is 11.8 Å². The quantitative estimate of drug-likeness (QED) is 0.399. The fourth-order valence-electron chi connectivity index (χ4n) is 4.02. The van der Waals surface area contributed by atoms with E-state index in [1.165, 1.54) is 4.90 Å². The number of ether oxygens (including phenoxy) is 1. The summed E-state index contributed by atoms with van der Waals surface area (Å²) in [7, 11) is 0. The van der Waals surface area contributed by atoms with Crippen molar-refractivity contribution < 1.29 is 14.3 Å². The van der Waals surface area contributed by atoms with Crippen molar-refractivity contribution in [2.45, 2.75) is 27.3 Å². The van der Waals surface area contributed by atoms with Crippen LogP contribution in [0.3, 0.4) is 0 Å². The number of nitrogens with zero attached hydrogens (tertiary/aromatic N) is 2. The lowest BCUT2D eigenvalue weighted by molar-refractivity contribution is -0.120. The highest BCUT2D eigenvalue weighted by atomic mass is 16.5. The maximum atomic E-state index is 13.8. The molecule has 0 bridgehead atoms. The van der Waals surface area contributed by atoms with Crippen LogP contribution in [0.5, 0.6) is 5.75 Å². The fourth-order valence-corrected chi connectivity index (χ4v) is 4.02. The topological polar surface area (TPSA) is 49.9 Å². The Morgan fingerprint density at radius 2 is 1.44 bits per heavy atom. The Bertz CT molecular complexity index is 1170. The number of anilines is 1. The van der Waals surface area contributed by atoms with E-state index in [4.69, 9.17) is 4.74 Å². The second-order valence-corrected chi connectivity index (χ2v) is 8.73. The van der Waals surface area contributed by atoms with E-state index >= 15 is 0 Å². The van der Waals surface area contributed by atoms with Gasteiger partial charge >= 0.3 is 0 Å². The molecule has 0 atom stereocenters. The molecule has 174 valence electrons. The molecule has 1 heterocycles. The number of imide groups is 1. The van der Waals surface area contributed by atoms with Gasteiger partial charge in [0.2, 0.25) is 0 Å². The van der Waals surface area contributed by atoms with Crippen molar-refractivity contribution in [3.63, 3.8) is 0 Å². The molecule has 0 saturated carbocycles. The number of amides is 2. The fraction of sp³-hybridized carbons (Fsp3) is 0.241. The standard InChI is InChI=1S/C29H30N2O3/c1-4-30(19-22-11-7-5-8-12-22)27-26(23-13-9-6-10-14-23)28(32)31(29(27)33)24-15-17-25(18-16-24)34-20-21(2)3/h5-18,21H,4,19-20H2,1-3H3. The molecule has 1 aliphatic rings. The van der Waals surface area contributed by atoms with Gasteiger partial charge < -0.3 is 9.64 Å². The zero-order valence-electron chi connectivity index (χ0n) is 19.9. The summed E-state index contributed by atoms with van der Waals surface area (Å²) in [4.78, 5) is 30.7. The summed E-state index contributed by atoms with van der Waals surface area (Å²) in [5.41, 5.74) is 3.22. The minimum atomic E-state index is -0.312. The summed E-state index contributed by atoms with van der Waals surface area (Å²) in [6.45, 7) is 7.91. The van der Waals surface area contributed by atoms with Gasteiger partial charge in [-0.05, 0) is 48.2 Å². The Labute approximate surface area is 201 Å². The number of carbonyl (C=O) groups is 2. The molecular formula is C29H30N2O3. The van der Waals surface area contributed by atoms with Gasteiger partial charge in [0.05, 0.1) is 17.9 Å². The van der Waals surface area contributed by atoms with Crippen LogP contribution < -0.4 is 9.64 Å². The van der Waals surface area contributed by atoms with E-state index in [-0.39, 0.29) is 11.8 Å². The third-order valence-corrected chi connectivity index (χ3v) is 5.71. The van der Waals surface area contributed by atoms with Crippen molar-refractivity contribution in [2.24, 2.45) is 5.92 Å². The van der Waals surface area contributed by atoms with Crippen molar-refractivity contribution in [1.29, 1.82) is 0 Å². The average molecular weight is 455 g/mol. The SMILES string of the molecule is CCN(Cc1ccccc1)C1=C(c2ccccc2)C(=O)N(c2ccc(OCC(C)C)cc2)C1=O. The first-order chi connectivity index (χ1) is 16.5. The molecule has 5 nitrogen and oxygen atoms in total. The van der Waals surface area contributed by atoms with Gasteiger partial charge in [0.1, 0.15) is 11.4 Å². The Morgan fingerprint density at radius 3 is 2.03 bits per heavy atom. The van der Waals surface area contributed by atoms with Crippen LogP contribution in [0, 0.1) is 5.92 Å². The van der Waals surface area contributed by atoms with Gasteiger partial charge in [-0.1, -0.05) is 74.5 Å². The first kappa shape index (κ1) is 23.3. The maximum absolute atomic E-state index is 13.8. The molecule has 3 aromatic carbocycles. The van der Waals surface area contributed by atoms with Gasteiger partial charge in [-0.25, -0.2) is 4.90 Å². The molecule has 0 N–H and O–H groups in total. The molecule has 1 aliphatic heterocycles. The number of hydrogen-bond acceptors (Lipinski definition) is 4. The Morgan fingerprint density at radius 1 is 0.824 bits per heavy atom. The lowest BCUT2D eigenvalue weighted by Gasteiger charge is -2.25. The smallest absolute Gasteiger partial charge is 0.282 e. The second-order valence-electron chi connectivity index (χ2n) is 8.73. The van der Waals surface area contributed by atoms with Gasteiger partial charge in [0, 0.05) is 13.1 Å².